The number of carbonyl (C=O) groups excluding carboxylic acids is 2. The summed E-state index contributed by atoms with van der Waals surface area (Å²) in [6.07, 6.45) is -1.05. The standard InChI is InChI=1S/C10H8F3NO2/c11-7-4-9(13)8(12)2-5(7)1-6(15)3-10(14)16/h2,4H,1,3H2,(H2,14,16). The van der Waals surface area contributed by atoms with Crippen LogP contribution in [-0.2, 0) is 16.0 Å². The van der Waals surface area contributed by atoms with Gasteiger partial charge in [0, 0.05) is 12.5 Å². The Morgan fingerprint density at radius 3 is 2.19 bits per heavy atom. The second-order valence-corrected chi connectivity index (χ2v) is 3.22. The number of ketones is 1. The molecule has 1 aromatic rings. The summed E-state index contributed by atoms with van der Waals surface area (Å²) in [5, 5.41) is 0. The molecule has 3 nitrogen and oxygen atoms in total. The molecule has 0 spiro atoms. The van der Waals surface area contributed by atoms with Crippen molar-refractivity contribution in [2.75, 3.05) is 0 Å². The van der Waals surface area contributed by atoms with Crippen LogP contribution in [0.1, 0.15) is 12.0 Å². The van der Waals surface area contributed by atoms with Crippen LogP contribution in [0, 0.1) is 17.5 Å². The predicted molar refractivity (Wildman–Crippen MR) is 48.8 cm³/mol. The van der Waals surface area contributed by atoms with Crippen LogP contribution in [0.15, 0.2) is 12.1 Å². The fourth-order valence-corrected chi connectivity index (χ4v) is 1.17. The Hall–Kier alpha value is -1.85. The van der Waals surface area contributed by atoms with Crippen LogP contribution < -0.4 is 5.73 Å². The summed E-state index contributed by atoms with van der Waals surface area (Å²) in [6.45, 7) is 0. The normalized spacial score (nSPS) is 10.2. The lowest BCUT2D eigenvalue weighted by Crippen LogP contribution is -2.18. The van der Waals surface area contributed by atoms with Gasteiger partial charge in [-0.25, -0.2) is 13.2 Å². The van der Waals surface area contributed by atoms with Gasteiger partial charge in [0.1, 0.15) is 11.6 Å². The predicted octanol–water partition coefficient (Wildman–Crippen LogP) is 1.09. The molecule has 16 heavy (non-hydrogen) atoms. The summed E-state index contributed by atoms with van der Waals surface area (Å²) >= 11 is 0. The Kier molecular flexibility index (Phi) is 3.65. The number of hydrogen-bond donors (Lipinski definition) is 1. The van der Waals surface area contributed by atoms with Crippen LogP contribution in [0.3, 0.4) is 0 Å². The zero-order valence-electron chi connectivity index (χ0n) is 8.10. The molecule has 0 aliphatic heterocycles. The number of Topliss-reactive ketones (excluding diaryl/α,β-unsaturated/α-hetero) is 1. The van der Waals surface area contributed by atoms with Crippen LogP contribution in [-0.4, -0.2) is 11.7 Å². The van der Waals surface area contributed by atoms with E-state index in [4.69, 9.17) is 5.73 Å². The molecule has 1 amide bonds. The third-order valence-corrected chi connectivity index (χ3v) is 1.85. The second-order valence-electron chi connectivity index (χ2n) is 3.22. The average Bonchev–Trinajstić information content (AvgIpc) is 2.12. The largest absolute Gasteiger partial charge is 0.369 e. The van der Waals surface area contributed by atoms with Crippen LogP contribution >= 0.6 is 0 Å². The zero-order chi connectivity index (χ0) is 12.3. The number of nitrogens with two attached hydrogens (primary N) is 1. The van der Waals surface area contributed by atoms with Crippen molar-refractivity contribution in [1.82, 2.24) is 0 Å². The van der Waals surface area contributed by atoms with Crippen molar-refractivity contribution >= 4 is 11.7 Å². The Bertz CT molecular complexity index is 446. The molecule has 1 rings (SSSR count). The van der Waals surface area contributed by atoms with Gasteiger partial charge in [-0.15, -0.1) is 0 Å². The maximum atomic E-state index is 13.1. The van der Waals surface area contributed by atoms with Crippen molar-refractivity contribution in [3.8, 4) is 0 Å². The summed E-state index contributed by atoms with van der Waals surface area (Å²) in [5.41, 5.74) is 4.45. The van der Waals surface area contributed by atoms with Crippen molar-refractivity contribution in [3.63, 3.8) is 0 Å². The fourth-order valence-electron chi connectivity index (χ4n) is 1.17. The average molecular weight is 231 g/mol. The van der Waals surface area contributed by atoms with Crippen LogP contribution in [0.2, 0.25) is 0 Å². The minimum Gasteiger partial charge on any atom is -0.369 e. The number of benzene rings is 1. The smallest absolute Gasteiger partial charge is 0.224 e. The second kappa shape index (κ2) is 4.78. The van der Waals surface area contributed by atoms with E-state index in [-0.39, 0.29) is 5.56 Å². The molecule has 0 fully saturated rings. The molecule has 0 atom stereocenters. The number of primary amides is 1. The molecule has 0 saturated carbocycles. The highest BCUT2D eigenvalue weighted by Gasteiger charge is 2.14. The first kappa shape index (κ1) is 12.2. The van der Waals surface area contributed by atoms with Crippen molar-refractivity contribution in [2.45, 2.75) is 12.8 Å². The van der Waals surface area contributed by atoms with E-state index < -0.39 is 42.0 Å². The van der Waals surface area contributed by atoms with E-state index in [0.717, 1.165) is 0 Å². The number of carbonyl (C=O) groups is 2. The van der Waals surface area contributed by atoms with Gasteiger partial charge in [0.25, 0.3) is 0 Å². The van der Waals surface area contributed by atoms with Crippen LogP contribution in [0.5, 0.6) is 0 Å². The molecule has 0 aromatic heterocycles. The number of amides is 1. The van der Waals surface area contributed by atoms with E-state index in [9.17, 15) is 22.8 Å². The van der Waals surface area contributed by atoms with Crippen molar-refractivity contribution in [2.24, 2.45) is 5.73 Å². The summed E-state index contributed by atoms with van der Waals surface area (Å²) < 4.78 is 38.3. The van der Waals surface area contributed by atoms with Gasteiger partial charge in [-0.2, -0.15) is 0 Å². The Morgan fingerprint density at radius 2 is 1.62 bits per heavy atom. The molecule has 1 aromatic carbocycles. The number of hydrogen-bond acceptors (Lipinski definition) is 2. The van der Waals surface area contributed by atoms with Crippen LogP contribution in [0.4, 0.5) is 13.2 Å². The lowest BCUT2D eigenvalue weighted by Gasteiger charge is -2.02. The SMILES string of the molecule is NC(=O)CC(=O)Cc1cc(F)c(F)cc1F. The summed E-state index contributed by atoms with van der Waals surface area (Å²) in [4.78, 5) is 21.5. The molecule has 0 unspecified atom stereocenters. The number of rotatable bonds is 4. The Labute approximate surface area is 89.1 Å². The maximum absolute atomic E-state index is 13.1. The molecule has 2 N–H and O–H groups in total. The highest BCUT2D eigenvalue weighted by Crippen LogP contribution is 2.14. The topological polar surface area (TPSA) is 60.2 Å². The monoisotopic (exact) mass is 231 g/mol. The quantitative estimate of drug-likeness (QED) is 0.622. The highest BCUT2D eigenvalue weighted by atomic mass is 19.2. The first-order chi connectivity index (χ1) is 7.40. The highest BCUT2D eigenvalue weighted by molar-refractivity contribution is 5.98. The summed E-state index contributed by atoms with van der Waals surface area (Å²) in [7, 11) is 0. The van der Waals surface area contributed by atoms with Gasteiger partial charge in [-0.05, 0) is 11.6 Å². The van der Waals surface area contributed by atoms with Crippen molar-refractivity contribution in [1.29, 1.82) is 0 Å². The summed E-state index contributed by atoms with van der Waals surface area (Å²) in [5.74, 6) is -5.12. The summed E-state index contributed by atoms with van der Waals surface area (Å²) in [6, 6.07) is 0.936. The molecule has 0 bridgehead atoms. The van der Waals surface area contributed by atoms with Gasteiger partial charge >= 0.3 is 0 Å². The van der Waals surface area contributed by atoms with Gasteiger partial charge in [0.05, 0.1) is 6.42 Å². The Morgan fingerprint density at radius 1 is 1.06 bits per heavy atom. The van der Waals surface area contributed by atoms with Gasteiger partial charge < -0.3 is 5.73 Å². The molecule has 0 radical (unpaired) electrons. The lowest BCUT2D eigenvalue weighted by molar-refractivity contribution is -0.126. The van der Waals surface area contributed by atoms with E-state index in [1.165, 1.54) is 0 Å². The molecule has 86 valence electrons. The third kappa shape index (κ3) is 3.08. The molecule has 0 aliphatic rings. The lowest BCUT2D eigenvalue weighted by atomic mass is 10.1. The molecular formula is C10H8F3NO2. The van der Waals surface area contributed by atoms with Gasteiger partial charge in [0.15, 0.2) is 11.6 Å². The van der Waals surface area contributed by atoms with Crippen molar-refractivity contribution < 1.29 is 22.8 Å². The van der Waals surface area contributed by atoms with Crippen LogP contribution in [0.25, 0.3) is 0 Å². The molecule has 0 heterocycles. The minimum atomic E-state index is -1.33. The first-order valence-corrected chi connectivity index (χ1v) is 4.33. The van der Waals surface area contributed by atoms with E-state index in [1.807, 2.05) is 0 Å². The molecule has 0 aliphatic carbocycles. The van der Waals surface area contributed by atoms with E-state index in [1.54, 1.807) is 0 Å². The number of halogens is 3. The van der Waals surface area contributed by atoms with E-state index in [0.29, 0.717) is 12.1 Å². The van der Waals surface area contributed by atoms with E-state index in [2.05, 4.69) is 0 Å². The van der Waals surface area contributed by atoms with E-state index >= 15 is 0 Å². The molecular weight excluding hydrogens is 223 g/mol. The van der Waals surface area contributed by atoms with Gasteiger partial charge in [0.2, 0.25) is 5.91 Å². The maximum Gasteiger partial charge on any atom is 0.224 e. The van der Waals surface area contributed by atoms with Gasteiger partial charge in [-0.3, -0.25) is 9.59 Å². The third-order valence-electron chi connectivity index (χ3n) is 1.85. The van der Waals surface area contributed by atoms with Crippen molar-refractivity contribution in [3.05, 3.63) is 35.1 Å². The molecule has 6 heteroatoms. The van der Waals surface area contributed by atoms with Gasteiger partial charge in [-0.1, -0.05) is 0 Å². The first-order valence-electron chi connectivity index (χ1n) is 4.33. The minimum absolute atomic E-state index is 0.301. The zero-order valence-corrected chi connectivity index (χ0v) is 8.10. The molecule has 0 saturated heterocycles. The fraction of sp³-hybridized carbons (Fsp3) is 0.200. The Balaban J connectivity index is 2.85.